The summed E-state index contributed by atoms with van der Waals surface area (Å²) in [5, 5.41) is 1.27. The Bertz CT molecular complexity index is 438. The van der Waals surface area contributed by atoms with Gasteiger partial charge in [0, 0.05) is 0 Å². The Balaban J connectivity index is 2.32. The molecule has 0 aromatic heterocycles. The van der Waals surface area contributed by atoms with Gasteiger partial charge in [-0.1, -0.05) is 36.9 Å². The summed E-state index contributed by atoms with van der Waals surface area (Å²) in [4.78, 5) is 0. The smallest absolute Gasteiger partial charge is 0.256 e. The Kier molecular flexibility index (Phi) is 7.52. The predicted molar refractivity (Wildman–Crippen MR) is 100 cm³/mol. The highest BCUT2D eigenvalue weighted by Gasteiger charge is 2.23. The summed E-state index contributed by atoms with van der Waals surface area (Å²) >= 11 is 0. The van der Waals surface area contributed by atoms with Crippen LogP contribution in [-0.4, -0.2) is 36.2 Å². The van der Waals surface area contributed by atoms with E-state index >= 15 is 0 Å². The van der Waals surface area contributed by atoms with Crippen molar-refractivity contribution in [3.8, 4) is 0 Å². The lowest BCUT2D eigenvalue weighted by atomic mass is 10.2. The first-order valence-electron chi connectivity index (χ1n) is 7.29. The van der Waals surface area contributed by atoms with Crippen LogP contribution in [0.3, 0.4) is 0 Å². The fourth-order valence-electron chi connectivity index (χ4n) is 1.55. The summed E-state index contributed by atoms with van der Waals surface area (Å²) in [5.74, 6) is 0. The molecule has 1 aromatic carbocycles. The molecular formula is C15H26O2Si4. The van der Waals surface area contributed by atoms with Crippen molar-refractivity contribution in [2.24, 2.45) is 0 Å². The fraction of sp³-hybridized carbons (Fsp3) is 0.467. The first-order chi connectivity index (χ1) is 9.72. The van der Waals surface area contributed by atoms with Crippen LogP contribution in [0.4, 0.5) is 0 Å². The highest BCUT2D eigenvalue weighted by atomic mass is 28.4. The molecule has 0 unspecified atom stereocenters. The van der Waals surface area contributed by atoms with E-state index in [9.17, 15) is 0 Å². The average Bonchev–Trinajstić information content (AvgIpc) is 2.41. The van der Waals surface area contributed by atoms with Crippen LogP contribution in [0, 0.1) is 0 Å². The average molecular weight is 351 g/mol. The van der Waals surface area contributed by atoms with E-state index in [1.54, 1.807) is 0 Å². The van der Waals surface area contributed by atoms with E-state index in [-0.39, 0.29) is 0 Å². The van der Waals surface area contributed by atoms with E-state index in [4.69, 9.17) is 8.23 Å². The monoisotopic (exact) mass is 350 g/mol. The molecule has 0 saturated carbocycles. The Morgan fingerprint density at radius 1 is 1.05 bits per heavy atom. The first-order valence-corrected chi connectivity index (χ1v) is 15.8. The molecule has 0 aliphatic heterocycles. The third-order valence-electron chi connectivity index (χ3n) is 2.80. The fourth-order valence-corrected chi connectivity index (χ4v) is 8.80. The molecule has 0 amide bonds. The molecule has 1 aromatic rings. The van der Waals surface area contributed by atoms with E-state index in [0.29, 0.717) is 19.5 Å². The van der Waals surface area contributed by atoms with Crippen LogP contribution in [0.5, 0.6) is 0 Å². The molecule has 4 radical (unpaired) electrons. The molecule has 0 saturated heterocycles. The molecule has 0 spiro atoms. The molecular weight excluding hydrogens is 325 g/mol. The van der Waals surface area contributed by atoms with Gasteiger partial charge in [-0.05, 0) is 55.6 Å². The second kappa shape index (κ2) is 8.40. The second-order valence-electron chi connectivity index (χ2n) is 6.65. The zero-order valence-electron chi connectivity index (χ0n) is 13.8. The van der Waals surface area contributed by atoms with Crippen molar-refractivity contribution in [3.63, 3.8) is 0 Å². The van der Waals surface area contributed by atoms with Gasteiger partial charge < -0.3 is 8.23 Å². The minimum Gasteiger partial charge on any atom is -0.456 e. The van der Waals surface area contributed by atoms with Gasteiger partial charge in [-0.3, -0.25) is 0 Å². The topological polar surface area (TPSA) is 18.5 Å². The Morgan fingerprint density at radius 3 is 2.19 bits per heavy atom. The van der Waals surface area contributed by atoms with E-state index < -0.39 is 16.6 Å². The molecule has 0 heterocycles. The predicted octanol–water partition coefficient (Wildman–Crippen LogP) is 3.68. The van der Waals surface area contributed by atoms with Gasteiger partial charge in [0.05, 0.1) is 0 Å². The van der Waals surface area contributed by atoms with Crippen LogP contribution in [0.2, 0.25) is 44.8 Å². The zero-order valence-corrected chi connectivity index (χ0v) is 17.8. The maximum absolute atomic E-state index is 6.22. The molecule has 6 heteroatoms. The minimum absolute atomic E-state index is 0.453. The van der Waals surface area contributed by atoms with Gasteiger partial charge >= 0.3 is 0 Å². The molecule has 0 fully saturated rings. The van der Waals surface area contributed by atoms with Gasteiger partial charge in [0.1, 0.15) is 0 Å². The standard InChI is InChI=1S/C15H26O2Si4/c1-7-14-8-10-15(11-9-14)19-17-21(5,6)13-12-18-16-20(2,3)4/h7-11H,1,12-13H2,2-6H3. The Hall–Kier alpha value is -0.252. The Labute approximate surface area is 137 Å². The molecule has 0 atom stereocenters. The largest absolute Gasteiger partial charge is 0.456 e. The van der Waals surface area contributed by atoms with Crippen molar-refractivity contribution >= 4 is 47.4 Å². The number of benzene rings is 1. The normalized spacial score (nSPS) is 12.4. The van der Waals surface area contributed by atoms with Gasteiger partial charge in [-0.25, -0.2) is 0 Å². The van der Waals surface area contributed by atoms with E-state index in [0.717, 1.165) is 11.6 Å². The quantitative estimate of drug-likeness (QED) is 0.499. The second-order valence-corrected chi connectivity index (χ2v) is 18.1. The summed E-state index contributed by atoms with van der Waals surface area (Å²) in [7, 11) is -1.84. The summed E-state index contributed by atoms with van der Waals surface area (Å²) in [6.07, 6.45) is 1.87. The SMILES string of the molecule is C=Cc1ccc([Si]O[Si](C)(C)CC[Si]O[Si](C)(C)C)cc1. The molecule has 0 aliphatic rings. The third-order valence-corrected chi connectivity index (χ3v) is 11.4. The molecule has 21 heavy (non-hydrogen) atoms. The number of rotatable bonds is 9. The summed E-state index contributed by atoms with van der Waals surface area (Å²) in [6.45, 7) is 15.1. The molecule has 1 rings (SSSR count). The van der Waals surface area contributed by atoms with Crippen LogP contribution in [0.25, 0.3) is 6.08 Å². The van der Waals surface area contributed by atoms with Crippen molar-refractivity contribution in [1.29, 1.82) is 0 Å². The minimum atomic E-state index is -1.57. The van der Waals surface area contributed by atoms with Gasteiger partial charge in [0.15, 0.2) is 16.6 Å². The number of hydrogen-bond acceptors (Lipinski definition) is 2. The van der Waals surface area contributed by atoms with Gasteiger partial charge in [-0.15, -0.1) is 0 Å². The van der Waals surface area contributed by atoms with Crippen molar-refractivity contribution in [2.75, 3.05) is 0 Å². The maximum atomic E-state index is 6.22. The summed E-state index contributed by atoms with van der Waals surface area (Å²) in [5.41, 5.74) is 1.16. The molecule has 114 valence electrons. The van der Waals surface area contributed by atoms with Crippen molar-refractivity contribution in [1.82, 2.24) is 0 Å². The Morgan fingerprint density at radius 2 is 1.67 bits per heavy atom. The summed E-state index contributed by atoms with van der Waals surface area (Å²) < 4.78 is 12.2. The van der Waals surface area contributed by atoms with E-state index in [1.165, 1.54) is 11.2 Å². The first kappa shape index (κ1) is 18.8. The van der Waals surface area contributed by atoms with Gasteiger partial charge in [0.25, 0.3) is 9.76 Å². The highest BCUT2D eigenvalue weighted by molar-refractivity contribution is 6.78. The zero-order chi connectivity index (χ0) is 15.9. The van der Waals surface area contributed by atoms with Crippen LogP contribution >= 0.6 is 0 Å². The van der Waals surface area contributed by atoms with Gasteiger partial charge in [0.2, 0.25) is 9.76 Å². The van der Waals surface area contributed by atoms with Crippen LogP contribution in [-0.2, 0) is 8.23 Å². The lowest BCUT2D eigenvalue weighted by molar-refractivity contribution is 0.582. The van der Waals surface area contributed by atoms with Crippen molar-refractivity contribution in [2.45, 2.75) is 44.8 Å². The maximum Gasteiger partial charge on any atom is 0.256 e. The highest BCUT2D eigenvalue weighted by Crippen LogP contribution is 2.14. The number of hydrogen-bond donors (Lipinski definition) is 0. The summed E-state index contributed by atoms with van der Waals surface area (Å²) in [6, 6.07) is 10.8. The van der Waals surface area contributed by atoms with Crippen LogP contribution in [0.15, 0.2) is 30.8 Å². The molecule has 0 N–H and O–H groups in total. The van der Waals surface area contributed by atoms with Crippen LogP contribution < -0.4 is 5.19 Å². The molecule has 2 nitrogen and oxygen atoms in total. The lowest BCUT2D eigenvalue weighted by Crippen LogP contribution is -2.36. The van der Waals surface area contributed by atoms with E-state index in [1.807, 2.05) is 6.08 Å². The van der Waals surface area contributed by atoms with E-state index in [2.05, 4.69) is 63.6 Å². The lowest BCUT2D eigenvalue weighted by Gasteiger charge is -2.23. The van der Waals surface area contributed by atoms with Crippen molar-refractivity contribution < 1.29 is 8.23 Å². The van der Waals surface area contributed by atoms with Gasteiger partial charge in [-0.2, -0.15) is 0 Å². The molecule has 0 bridgehead atoms. The molecule has 0 aliphatic carbocycles. The third kappa shape index (κ3) is 8.69. The van der Waals surface area contributed by atoms with Crippen LogP contribution in [0.1, 0.15) is 5.56 Å². The van der Waals surface area contributed by atoms with Crippen molar-refractivity contribution in [3.05, 3.63) is 36.4 Å².